The topological polar surface area (TPSA) is 65.4 Å². The predicted octanol–water partition coefficient (Wildman–Crippen LogP) is 1.71. The summed E-state index contributed by atoms with van der Waals surface area (Å²) in [7, 11) is 0. The maximum absolute atomic E-state index is 11.9. The number of carbonyl (C=O) groups is 1. The van der Waals surface area contributed by atoms with E-state index in [0.717, 1.165) is 50.4 Å². The van der Waals surface area contributed by atoms with Gasteiger partial charge in [-0.25, -0.2) is 0 Å². The second kappa shape index (κ2) is 6.63. The zero-order valence-electron chi connectivity index (χ0n) is 12.4. The Morgan fingerprint density at radius 2 is 1.95 bits per heavy atom. The Hall–Kier alpha value is -2.32. The van der Waals surface area contributed by atoms with Crippen LogP contribution in [-0.2, 0) is 9.53 Å². The molecular formula is C17H19N3O2. The number of anilines is 1. The van der Waals surface area contributed by atoms with Crippen LogP contribution >= 0.6 is 0 Å². The second-order valence-corrected chi connectivity index (χ2v) is 5.61. The van der Waals surface area contributed by atoms with Crippen molar-refractivity contribution in [3.63, 3.8) is 0 Å². The molecule has 1 amide bonds. The number of ether oxygens (including phenoxy) is 1. The molecule has 1 saturated heterocycles. The number of hydrogen-bond acceptors (Lipinski definition) is 4. The Balaban J connectivity index is 1.69. The van der Waals surface area contributed by atoms with Crippen molar-refractivity contribution in [2.45, 2.75) is 18.9 Å². The molecule has 1 N–H and O–H groups in total. The molecule has 2 aliphatic rings. The highest BCUT2D eigenvalue weighted by Gasteiger charge is 2.24. The van der Waals surface area contributed by atoms with Gasteiger partial charge in [-0.05, 0) is 36.6 Å². The summed E-state index contributed by atoms with van der Waals surface area (Å²) in [5.74, 6) is -0.276. The molecule has 0 spiro atoms. The first-order chi connectivity index (χ1) is 10.8. The summed E-state index contributed by atoms with van der Waals surface area (Å²) >= 11 is 0. The maximum atomic E-state index is 11.9. The van der Waals surface area contributed by atoms with Crippen molar-refractivity contribution >= 4 is 17.7 Å². The highest BCUT2D eigenvalue weighted by atomic mass is 16.5. The van der Waals surface area contributed by atoms with Crippen LogP contribution in [0.25, 0.3) is 6.08 Å². The van der Waals surface area contributed by atoms with Crippen LogP contribution < -0.4 is 10.2 Å². The molecule has 1 aliphatic heterocycles. The largest absolute Gasteiger partial charge is 0.378 e. The van der Waals surface area contributed by atoms with Gasteiger partial charge in [0.25, 0.3) is 5.91 Å². The molecule has 1 saturated carbocycles. The monoisotopic (exact) mass is 297 g/mol. The van der Waals surface area contributed by atoms with Crippen LogP contribution in [0.1, 0.15) is 18.4 Å². The molecule has 2 fully saturated rings. The van der Waals surface area contributed by atoms with Crippen molar-refractivity contribution in [1.29, 1.82) is 5.26 Å². The zero-order chi connectivity index (χ0) is 15.4. The Morgan fingerprint density at radius 1 is 1.27 bits per heavy atom. The third-order valence-electron chi connectivity index (χ3n) is 3.86. The fraction of sp³-hybridized carbons (Fsp3) is 0.412. The number of morpholine rings is 1. The third-order valence-corrected chi connectivity index (χ3v) is 3.86. The molecule has 0 radical (unpaired) electrons. The van der Waals surface area contributed by atoms with E-state index >= 15 is 0 Å². The average molecular weight is 297 g/mol. The lowest BCUT2D eigenvalue weighted by molar-refractivity contribution is -0.117. The second-order valence-electron chi connectivity index (χ2n) is 5.61. The third kappa shape index (κ3) is 3.66. The van der Waals surface area contributed by atoms with E-state index in [-0.39, 0.29) is 17.5 Å². The molecule has 0 bridgehead atoms. The minimum Gasteiger partial charge on any atom is -0.378 e. The Morgan fingerprint density at radius 3 is 2.55 bits per heavy atom. The van der Waals surface area contributed by atoms with Crippen molar-refractivity contribution in [2.24, 2.45) is 0 Å². The van der Waals surface area contributed by atoms with E-state index in [0.29, 0.717) is 0 Å². The van der Waals surface area contributed by atoms with Crippen molar-refractivity contribution in [2.75, 3.05) is 31.2 Å². The van der Waals surface area contributed by atoms with Gasteiger partial charge in [-0.2, -0.15) is 5.26 Å². The predicted molar refractivity (Wildman–Crippen MR) is 84.2 cm³/mol. The molecule has 0 atom stereocenters. The minimum atomic E-state index is -0.276. The smallest absolute Gasteiger partial charge is 0.262 e. The highest BCUT2D eigenvalue weighted by molar-refractivity contribution is 6.02. The average Bonchev–Trinajstić information content (AvgIpc) is 3.38. The first kappa shape index (κ1) is 14.6. The number of nitrogens with one attached hydrogen (secondary N) is 1. The molecule has 1 aromatic carbocycles. The van der Waals surface area contributed by atoms with E-state index in [2.05, 4.69) is 10.2 Å². The fourth-order valence-electron chi connectivity index (χ4n) is 2.41. The molecule has 5 heteroatoms. The quantitative estimate of drug-likeness (QED) is 0.679. The van der Waals surface area contributed by atoms with E-state index in [9.17, 15) is 4.79 Å². The van der Waals surface area contributed by atoms with Crippen molar-refractivity contribution in [1.82, 2.24) is 5.32 Å². The summed E-state index contributed by atoms with van der Waals surface area (Å²) < 4.78 is 5.34. The number of rotatable bonds is 4. The molecule has 114 valence electrons. The summed E-state index contributed by atoms with van der Waals surface area (Å²) in [5, 5.41) is 12.0. The summed E-state index contributed by atoms with van der Waals surface area (Å²) in [6, 6.07) is 10.2. The molecule has 0 aromatic heterocycles. The maximum Gasteiger partial charge on any atom is 0.262 e. The molecule has 1 aliphatic carbocycles. The van der Waals surface area contributed by atoms with Gasteiger partial charge in [0.1, 0.15) is 11.6 Å². The van der Waals surface area contributed by atoms with Gasteiger partial charge in [-0.3, -0.25) is 4.79 Å². The molecular weight excluding hydrogens is 278 g/mol. The fourth-order valence-corrected chi connectivity index (χ4v) is 2.41. The first-order valence-corrected chi connectivity index (χ1v) is 7.62. The lowest BCUT2D eigenvalue weighted by Gasteiger charge is -2.28. The Labute approximate surface area is 130 Å². The summed E-state index contributed by atoms with van der Waals surface area (Å²) in [5.41, 5.74) is 2.16. The van der Waals surface area contributed by atoms with E-state index in [1.165, 1.54) is 0 Å². The number of benzene rings is 1. The normalized spacial score (nSPS) is 18.7. The van der Waals surface area contributed by atoms with E-state index < -0.39 is 0 Å². The van der Waals surface area contributed by atoms with Gasteiger partial charge < -0.3 is 15.0 Å². The van der Waals surface area contributed by atoms with E-state index in [1.807, 2.05) is 30.3 Å². The Bertz CT molecular complexity index is 606. The van der Waals surface area contributed by atoms with E-state index in [4.69, 9.17) is 10.00 Å². The lowest BCUT2D eigenvalue weighted by atomic mass is 10.1. The number of hydrogen-bond donors (Lipinski definition) is 1. The van der Waals surface area contributed by atoms with Crippen LogP contribution in [-0.4, -0.2) is 38.3 Å². The molecule has 3 rings (SSSR count). The SMILES string of the molecule is N#CC(=Cc1ccc(N2CCOCC2)cc1)C(=O)NC1CC1. The standard InChI is InChI=1S/C17H19N3O2/c18-12-14(17(21)19-15-3-4-15)11-13-1-5-16(6-2-13)20-7-9-22-10-8-20/h1-2,5-6,11,15H,3-4,7-10H2,(H,19,21). The van der Waals surface area contributed by atoms with Gasteiger partial charge in [0.2, 0.25) is 0 Å². The van der Waals surface area contributed by atoms with Crippen molar-refractivity contribution in [3.05, 3.63) is 35.4 Å². The van der Waals surface area contributed by atoms with Crippen LogP contribution in [0.15, 0.2) is 29.8 Å². The minimum absolute atomic E-state index is 0.158. The van der Waals surface area contributed by atoms with Gasteiger partial charge in [-0.15, -0.1) is 0 Å². The van der Waals surface area contributed by atoms with Crippen LogP contribution in [0.2, 0.25) is 0 Å². The van der Waals surface area contributed by atoms with Gasteiger partial charge in [0.15, 0.2) is 0 Å². The van der Waals surface area contributed by atoms with Crippen LogP contribution in [0.3, 0.4) is 0 Å². The van der Waals surface area contributed by atoms with Gasteiger partial charge in [0.05, 0.1) is 13.2 Å². The number of nitriles is 1. The number of nitrogens with zero attached hydrogens (tertiary/aromatic N) is 2. The van der Waals surface area contributed by atoms with Crippen LogP contribution in [0.4, 0.5) is 5.69 Å². The summed E-state index contributed by atoms with van der Waals surface area (Å²) in [4.78, 5) is 14.2. The zero-order valence-corrected chi connectivity index (χ0v) is 12.4. The number of carbonyl (C=O) groups excluding carboxylic acids is 1. The highest BCUT2D eigenvalue weighted by Crippen LogP contribution is 2.20. The van der Waals surface area contributed by atoms with Crippen molar-refractivity contribution < 1.29 is 9.53 Å². The van der Waals surface area contributed by atoms with Crippen LogP contribution in [0, 0.1) is 11.3 Å². The van der Waals surface area contributed by atoms with Crippen LogP contribution in [0.5, 0.6) is 0 Å². The summed E-state index contributed by atoms with van der Waals surface area (Å²) in [6.45, 7) is 3.29. The first-order valence-electron chi connectivity index (χ1n) is 7.62. The molecule has 22 heavy (non-hydrogen) atoms. The molecule has 1 heterocycles. The Kier molecular flexibility index (Phi) is 4.40. The molecule has 1 aromatic rings. The molecule has 0 unspecified atom stereocenters. The molecule has 5 nitrogen and oxygen atoms in total. The lowest BCUT2D eigenvalue weighted by Crippen LogP contribution is -2.36. The van der Waals surface area contributed by atoms with E-state index in [1.54, 1.807) is 6.08 Å². The van der Waals surface area contributed by atoms with Gasteiger partial charge >= 0.3 is 0 Å². The van der Waals surface area contributed by atoms with Gasteiger partial charge in [-0.1, -0.05) is 12.1 Å². The summed E-state index contributed by atoms with van der Waals surface area (Å²) in [6.07, 6.45) is 3.66. The van der Waals surface area contributed by atoms with Crippen molar-refractivity contribution in [3.8, 4) is 6.07 Å². The number of amides is 1. The van der Waals surface area contributed by atoms with Gasteiger partial charge in [0, 0.05) is 24.8 Å².